The number of aromatic nitrogens is 1. The molecule has 6 atom stereocenters. The van der Waals surface area contributed by atoms with E-state index in [9.17, 15) is 15.2 Å². The Morgan fingerprint density at radius 3 is 2.63 bits per heavy atom. The molecule has 6 rings (SSSR count). The number of benzene rings is 1. The largest absolute Gasteiger partial charge is 0.393 e. The van der Waals surface area contributed by atoms with E-state index in [0.29, 0.717) is 33.9 Å². The zero-order chi connectivity index (χ0) is 26.8. The van der Waals surface area contributed by atoms with Gasteiger partial charge in [0.2, 0.25) is 0 Å². The number of aryl methyl sites for hydroxylation is 1. The van der Waals surface area contributed by atoms with Crippen LogP contribution in [0.3, 0.4) is 0 Å². The van der Waals surface area contributed by atoms with Gasteiger partial charge in [-0.1, -0.05) is 65.3 Å². The average Bonchev–Trinajstić information content (AvgIpc) is 3.22. The van der Waals surface area contributed by atoms with Crippen LogP contribution in [0, 0.1) is 41.4 Å². The summed E-state index contributed by atoms with van der Waals surface area (Å²) in [5, 5.41) is 21.4. The van der Waals surface area contributed by atoms with Gasteiger partial charge < -0.3 is 5.11 Å². The van der Waals surface area contributed by atoms with Crippen LogP contribution in [0.25, 0.3) is 0 Å². The Bertz CT molecular complexity index is 1380. The fraction of sp³-hybridized carbons (Fsp3) is 0.531. The average molecular weight is 592 g/mol. The molecule has 0 aliphatic heterocycles. The maximum Gasteiger partial charge on any atom is 0.173 e. The van der Waals surface area contributed by atoms with Crippen LogP contribution < -0.4 is 0 Å². The number of Topliss-reactive ketones (excluding diaryl/α,β-unsaturated/α-hetero) is 1. The Morgan fingerprint density at radius 1 is 1.16 bits per heavy atom. The van der Waals surface area contributed by atoms with E-state index in [0.717, 1.165) is 48.7 Å². The van der Waals surface area contributed by atoms with Gasteiger partial charge in [-0.2, -0.15) is 5.26 Å². The van der Waals surface area contributed by atoms with Gasteiger partial charge in [0.05, 0.1) is 17.4 Å². The van der Waals surface area contributed by atoms with Crippen LogP contribution in [0.2, 0.25) is 0 Å². The molecule has 4 nitrogen and oxygen atoms in total. The molecule has 1 aromatic carbocycles. The van der Waals surface area contributed by atoms with Gasteiger partial charge in [0.1, 0.15) is 11.1 Å². The molecule has 2 fully saturated rings. The van der Waals surface area contributed by atoms with E-state index in [1.807, 2.05) is 24.3 Å². The Balaban J connectivity index is 1.31. The molecule has 2 aromatic rings. The van der Waals surface area contributed by atoms with Gasteiger partial charge in [-0.05, 0) is 104 Å². The highest BCUT2D eigenvalue weighted by molar-refractivity contribution is 9.10. The summed E-state index contributed by atoms with van der Waals surface area (Å²) < 4.78 is 0.946. The first-order chi connectivity index (χ1) is 18.2. The summed E-state index contributed by atoms with van der Waals surface area (Å²) in [5.74, 6) is 2.04. The van der Waals surface area contributed by atoms with E-state index in [2.05, 4.69) is 48.8 Å². The number of nitrogens with zero attached hydrogens (tertiary/aromatic N) is 2. The highest BCUT2D eigenvalue weighted by atomic mass is 79.9. The van der Waals surface area contributed by atoms with Crippen molar-refractivity contribution in [2.24, 2.45) is 23.2 Å². The molecule has 0 radical (unpaired) electrons. The molecule has 0 bridgehead atoms. The second kappa shape index (κ2) is 9.61. The highest BCUT2D eigenvalue weighted by Gasteiger charge is 2.58. The van der Waals surface area contributed by atoms with Crippen molar-refractivity contribution in [1.82, 2.24) is 4.98 Å². The van der Waals surface area contributed by atoms with Crippen LogP contribution in [0.4, 0.5) is 0 Å². The van der Waals surface area contributed by atoms with Crippen LogP contribution in [-0.2, 0) is 11.8 Å². The second-order valence-corrected chi connectivity index (χ2v) is 14.3. The number of hydrogen-bond acceptors (Lipinski definition) is 5. The Morgan fingerprint density at radius 2 is 1.89 bits per heavy atom. The summed E-state index contributed by atoms with van der Waals surface area (Å²) in [5.41, 5.74) is 6.59. The number of ketones is 1. The minimum absolute atomic E-state index is 0.0332. The van der Waals surface area contributed by atoms with E-state index in [1.165, 1.54) is 34.9 Å². The number of halogens is 1. The van der Waals surface area contributed by atoms with Crippen molar-refractivity contribution in [3.63, 3.8) is 0 Å². The van der Waals surface area contributed by atoms with Gasteiger partial charge >= 0.3 is 0 Å². The summed E-state index contributed by atoms with van der Waals surface area (Å²) in [6, 6.07) is 9.94. The topological polar surface area (TPSA) is 74.0 Å². The molecule has 6 heteroatoms. The number of nitriles is 1. The van der Waals surface area contributed by atoms with Gasteiger partial charge in [0.25, 0.3) is 0 Å². The normalized spacial score (nSPS) is 33.3. The number of aliphatic hydroxyl groups is 1. The molecule has 1 heterocycles. The lowest BCUT2D eigenvalue weighted by Crippen LogP contribution is -2.51. The first-order valence-corrected chi connectivity index (χ1v) is 15.7. The van der Waals surface area contributed by atoms with Gasteiger partial charge in [-0.15, -0.1) is 0 Å². The van der Waals surface area contributed by atoms with E-state index in [1.54, 1.807) is 0 Å². The van der Waals surface area contributed by atoms with E-state index in [-0.39, 0.29) is 28.5 Å². The van der Waals surface area contributed by atoms with Crippen molar-refractivity contribution in [2.45, 2.75) is 82.3 Å². The van der Waals surface area contributed by atoms with Crippen LogP contribution in [0.1, 0.15) is 85.1 Å². The predicted molar refractivity (Wildman–Crippen MR) is 154 cm³/mol. The molecule has 0 saturated heterocycles. The monoisotopic (exact) mass is 590 g/mol. The van der Waals surface area contributed by atoms with Crippen LogP contribution in [0.5, 0.6) is 0 Å². The number of pyridine rings is 1. The standard InChI is InChI=1S/C32H35BrN2O2S/c1-18-29-24(25(16-34)30(35-18)38-17-28(37)19-4-7-21(33)8-5-19)15-27-23-9-6-20-14-22(36)10-12-31(20,2)26(23)11-13-32(27,29)3/h4-8,22-23,26-27,36H,9-15,17H2,1-3H3/t22-,23+,26-,27+,31+,32+/m1/s1. The number of allylic oxidation sites excluding steroid dienone is 1. The SMILES string of the molecule is Cc1nc(SCC(=O)c2ccc(Br)cc2)c(C#N)c2c1[C@@]1(C)CC[C@@H]3[C@H](CC=C4C[C@H](O)CC[C@@]43C)[C@@H]1C2. The molecular formula is C32H35BrN2O2S. The van der Waals surface area contributed by atoms with Crippen LogP contribution in [-0.4, -0.2) is 27.7 Å². The molecule has 0 spiro atoms. The lowest BCUT2D eigenvalue weighted by Gasteiger charge is -2.57. The second-order valence-electron chi connectivity index (χ2n) is 12.4. The molecule has 0 amide bonds. The van der Waals surface area contributed by atoms with Crippen molar-refractivity contribution >= 4 is 33.5 Å². The number of carbonyl (C=O) groups excluding carboxylic acids is 1. The molecule has 2 saturated carbocycles. The molecular weight excluding hydrogens is 556 g/mol. The van der Waals surface area contributed by atoms with Gasteiger partial charge in [0.15, 0.2) is 5.78 Å². The van der Waals surface area contributed by atoms with E-state index >= 15 is 0 Å². The fourth-order valence-electron chi connectivity index (χ4n) is 8.64. The van der Waals surface area contributed by atoms with Crippen molar-refractivity contribution in [3.05, 3.63) is 68.3 Å². The number of carbonyl (C=O) groups is 1. The summed E-state index contributed by atoms with van der Waals surface area (Å²) in [6.45, 7) is 6.98. The maximum atomic E-state index is 12.9. The molecule has 4 aliphatic rings. The molecule has 4 aliphatic carbocycles. The first-order valence-electron chi connectivity index (χ1n) is 13.9. The Hall–Kier alpha value is -1.94. The van der Waals surface area contributed by atoms with Crippen molar-refractivity contribution in [1.29, 1.82) is 5.26 Å². The Labute approximate surface area is 238 Å². The molecule has 198 valence electrons. The number of hydrogen-bond donors (Lipinski definition) is 1. The van der Waals surface area contributed by atoms with Crippen molar-refractivity contribution < 1.29 is 9.90 Å². The predicted octanol–water partition coefficient (Wildman–Crippen LogP) is 7.34. The summed E-state index contributed by atoms with van der Waals surface area (Å²) in [7, 11) is 0. The third-order valence-corrected chi connectivity index (χ3v) is 12.0. The van der Waals surface area contributed by atoms with Crippen molar-refractivity contribution in [2.75, 3.05) is 5.75 Å². The number of thioether (sulfide) groups is 1. The van der Waals surface area contributed by atoms with Gasteiger partial charge in [0, 0.05) is 15.7 Å². The van der Waals surface area contributed by atoms with Crippen LogP contribution in [0.15, 0.2) is 45.4 Å². The molecule has 1 N–H and O–H groups in total. The summed E-state index contributed by atoms with van der Waals surface area (Å²) in [4.78, 5) is 17.8. The van der Waals surface area contributed by atoms with E-state index in [4.69, 9.17) is 4.98 Å². The van der Waals surface area contributed by atoms with Gasteiger partial charge in [-0.25, -0.2) is 4.98 Å². The molecule has 0 unspecified atom stereocenters. The van der Waals surface area contributed by atoms with E-state index < -0.39 is 0 Å². The first kappa shape index (κ1) is 26.3. The summed E-state index contributed by atoms with van der Waals surface area (Å²) >= 11 is 4.82. The van der Waals surface area contributed by atoms with Gasteiger partial charge in [-0.3, -0.25) is 4.79 Å². The number of rotatable bonds is 4. The maximum absolute atomic E-state index is 12.9. The zero-order valence-corrected chi connectivity index (χ0v) is 24.8. The quantitative estimate of drug-likeness (QED) is 0.229. The van der Waals surface area contributed by atoms with Crippen LogP contribution >= 0.6 is 27.7 Å². The molecule has 1 aromatic heterocycles. The number of fused-ring (bicyclic) bond motifs is 7. The number of aliphatic hydroxyl groups excluding tert-OH is 1. The summed E-state index contributed by atoms with van der Waals surface area (Å²) in [6.07, 6.45) is 9.42. The zero-order valence-electron chi connectivity index (χ0n) is 22.4. The minimum atomic E-state index is -0.186. The minimum Gasteiger partial charge on any atom is -0.393 e. The fourth-order valence-corrected chi connectivity index (χ4v) is 9.85. The third-order valence-electron chi connectivity index (χ3n) is 10.5. The van der Waals surface area contributed by atoms with Crippen molar-refractivity contribution in [3.8, 4) is 6.07 Å². The highest BCUT2D eigenvalue weighted by Crippen LogP contribution is 2.64. The lowest BCUT2D eigenvalue weighted by atomic mass is 9.47. The Kier molecular flexibility index (Phi) is 6.65. The smallest absolute Gasteiger partial charge is 0.173 e. The molecule has 38 heavy (non-hydrogen) atoms. The third kappa shape index (κ3) is 4.03. The lowest BCUT2D eigenvalue weighted by molar-refractivity contribution is -0.0164.